The van der Waals surface area contributed by atoms with Crippen molar-refractivity contribution in [3.63, 3.8) is 0 Å². The Morgan fingerprint density at radius 1 is 1.18 bits per heavy atom. The lowest BCUT2D eigenvalue weighted by molar-refractivity contribution is 0.266. The summed E-state index contributed by atoms with van der Waals surface area (Å²) in [6.07, 6.45) is 9.59. The van der Waals surface area contributed by atoms with Crippen LogP contribution >= 0.6 is 15.9 Å². The summed E-state index contributed by atoms with van der Waals surface area (Å²) >= 11 is 3.39. The van der Waals surface area contributed by atoms with Crippen molar-refractivity contribution in [2.45, 2.75) is 51.0 Å². The SMILES string of the molecule is CNC(c1ccc(Br)o1)C1CCCCCCC1. The molecule has 1 unspecified atom stereocenters. The van der Waals surface area contributed by atoms with Gasteiger partial charge in [0.05, 0.1) is 6.04 Å². The second kappa shape index (κ2) is 6.60. The maximum absolute atomic E-state index is 5.72. The Morgan fingerprint density at radius 2 is 1.82 bits per heavy atom. The molecular weight excluding hydrogens is 278 g/mol. The van der Waals surface area contributed by atoms with Crippen molar-refractivity contribution in [3.05, 3.63) is 22.6 Å². The predicted octanol–water partition coefficient (Wildman–Crippen LogP) is 4.66. The summed E-state index contributed by atoms with van der Waals surface area (Å²) in [5, 5.41) is 3.43. The third-order valence-electron chi connectivity index (χ3n) is 3.83. The lowest BCUT2D eigenvalue weighted by Gasteiger charge is -2.27. The van der Waals surface area contributed by atoms with Crippen LogP contribution in [0.15, 0.2) is 21.2 Å². The highest BCUT2D eigenvalue weighted by Gasteiger charge is 2.24. The van der Waals surface area contributed by atoms with Crippen LogP contribution in [0.25, 0.3) is 0 Å². The summed E-state index contributed by atoms with van der Waals surface area (Å²) in [5.41, 5.74) is 0. The van der Waals surface area contributed by atoms with Crippen molar-refractivity contribution in [1.29, 1.82) is 0 Å². The first kappa shape index (κ1) is 13.2. The average molecular weight is 300 g/mol. The molecule has 1 heterocycles. The second-order valence-electron chi connectivity index (χ2n) is 5.01. The maximum Gasteiger partial charge on any atom is 0.169 e. The van der Waals surface area contributed by atoms with Crippen molar-refractivity contribution in [2.75, 3.05) is 7.05 Å². The molecule has 0 radical (unpaired) electrons. The smallest absolute Gasteiger partial charge is 0.169 e. The van der Waals surface area contributed by atoms with Crippen molar-refractivity contribution in [2.24, 2.45) is 5.92 Å². The zero-order valence-corrected chi connectivity index (χ0v) is 12.1. The van der Waals surface area contributed by atoms with Gasteiger partial charge in [-0.3, -0.25) is 0 Å². The average Bonchev–Trinajstić information content (AvgIpc) is 2.68. The monoisotopic (exact) mass is 299 g/mol. The zero-order chi connectivity index (χ0) is 12.1. The Balaban J connectivity index is 2.05. The largest absolute Gasteiger partial charge is 0.453 e. The van der Waals surface area contributed by atoms with E-state index in [0.717, 1.165) is 16.3 Å². The Bertz CT molecular complexity index is 329. The van der Waals surface area contributed by atoms with E-state index >= 15 is 0 Å². The maximum atomic E-state index is 5.72. The molecule has 1 aliphatic carbocycles. The van der Waals surface area contributed by atoms with Gasteiger partial charge < -0.3 is 9.73 Å². The molecule has 2 nitrogen and oxygen atoms in total. The van der Waals surface area contributed by atoms with Gasteiger partial charge in [0, 0.05) is 0 Å². The van der Waals surface area contributed by atoms with E-state index in [9.17, 15) is 0 Å². The topological polar surface area (TPSA) is 25.2 Å². The summed E-state index contributed by atoms with van der Waals surface area (Å²) in [6.45, 7) is 0. The molecule has 1 aliphatic rings. The van der Waals surface area contributed by atoms with Crippen molar-refractivity contribution < 1.29 is 4.42 Å². The third kappa shape index (κ3) is 3.59. The van der Waals surface area contributed by atoms with Gasteiger partial charge in [-0.15, -0.1) is 0 Å². The highest BCUT2D eigenvalue weighted by Crippen LogP contribution is 2.34. The van der Waals surface area contributed by atoms with Gasteiger partial charge in [0.1, 0.15) is 5.76 Å². The Kier molecular flexibility index (Phi) is 5.11. The van der Waals surface area contributed by atoms with Crippen LogP contribution in [0, 0.1) is 5.92 Å². The first-order chi connectivity index (χ1) is 8.31. The Morgan fingerprint density at radius 3 is 2.35 bits per heavy atom. The molecule has 1 fully saturated rings. The molecule has 0 aromatic carbocycles. The van der Waals surface area contributed by atoms with E-state index < -0.39 is 0 Å². The zero-order valence-electron chi connectivity index (χ0n) is 10.5. The van der Waals surface area contributed by atoms with E-state index in [1.54, 1.807) is 0 Å². The number of nitrogens with one attached hydrogen (secondary N) is 1. The van der Waals surface area contributed by atoms with Gasteiger partial charge in [-0.05, 0) is 53.9 Å². The number of halogens is 1. The molecule has 1 N–H and O–H groups in total. The van der Waals surface area contributed by atoms with E-state index in [1.165, 1.54) is 44.9 Å². The summed E-state index contributed by atoms with van der Waals surface area (Å²) in [6, 6.07) is 4.45. The fraction of sp³-hybridized carbons (Fsp3) is 0.714. The van der Waals surface area contributed by atoms with E-state index in [2.05, 4.69) is 27.3 Å². The summed E-state index contributed by atoms with van der Waals surface area (Å²) in [7, 11) is 2.04. The lowest BCUT2D eigenvalue weighted by atomic mass is 9.85. The molecule has 0 amide bonds. The fourth-order valence-corrected chi connectivity index (χ4v) is 3.25. The lowest BCUT2D eigenvalue weighted by Crippen LogP contribution is -2.25. The predicted molar refractivity (Wildman–Crippen MR) is 74.0 cm³/mol. The van der Waals surface area contributed by atoms with Crippen LogP contribution in [-0.2, 0) is 0 Å². The Labute approximate surface area is 112 Å². The molecule has 0 aliphatic heterocycles. The van der Waals surface area contributed by atoms with E-state index in [-0.39, 0.29) is 0 Å². The number of hydrogen-bond donors (Lipinski definition) is 1. The molecule has 0 bridgehead atoms. The molecule has 1 aromatic heterocycles. The second-order valence-corrected chi connectivity index (χ2v) is 5.79. The molecule has 3 heteroatoms. The normalized spacial score (nSPS) is 20.8. The first-order valence-corrected chi connectivity index (χ1v) is 7.53. The molecule has 0 spiro atoms. The van der Waals surface area contributed by atoms with Crippen LogP contribution in [0.1, 0.15) is 56.7 Å². The van der Waals surface area contributed by atoms with Crippen LogP contribution in [0.5, 0.6) is 0 Å². The molecular formula is C14H22BrNO. The fourth-order valence-electron chi connectivity index (χ4n) is 2.93. The molecule has 2 rings (SSSR count). The molecule has 0 saturated heterocycles. The molecule has 17 heavy (non-hydrogen) atoms. The van der Waals surface area contributed by atoms with Crippen LogP contribution in [0.3, 0.4) is 0 Å². The van der Waals surface area contributed by atoms with Crippen LogP contribution in [-0.4, -0.2) is 7.05 Å². The highest BCUT2D eigenvalue weighted by atomic mass is 79.9. The van der Waals surface area contributed by atoms with Gasteiger partial charge in [0.15, 0.2) is 4.67 Å². The van der Waals surface area contributed by atoms with E-state index in [1.807, 2.05) is 13.1 Å². The number of furan rings is 1. The van der Waals surface area contributed by atoms with Gasteiger partial charge in [0.2, 0.25) is 0 Å². The van der Waals surface area contributed by atoms with Crippen molar-refractivity contribution >= 4 is 15.9 Å². The first-order valence-electron chi connectivity index (χ1n) is 6.74. The molecule has 1 aromatic rings. The minimum Gasteiger partial charge on any atom is -0.453 e. The summed E-state index contributed by atoms with van der Waals surface area (Å²) < 4.78 is 6.55. The Hall–Kier alpha value is -0.280. The standard InChI is InChI=1S/C14H22BrNO/c1-16-14(12-9-10-13(15)17-12)11-7-5-3-2-4-6-8-11/h9-11,14,16H,2-8H2,1H3. The third-order valence-corrected chi connectivity index (χ3v) is 4.26. The van der Waals surface area contributed by atoms with Gasteiger partial charge in [-0.1, -0.05) is 32.1 Å². The van der Waals surface area contributed by atoms with Gasteiger partial charge in [-0.25, -0.2) is 0 Å². The number of hydrogen-bond acceptors (Lipinski definition) is 2. The van der Waals surface area contributed by atoms with Crippen molar-refractivity contribution in [3.8, 4) is 0 Å². The molecule has 96 valence electrons. The van der Waals surface area contributed by atoms with Gasteiger partial charge in [-0.2, -0.15) is 0 Å². The van der Waals surface area contributed by atoms with Crippen molar-refractivity contribution in [1.82, 2.24) is 5.32 Å². The minimum absolute atomic E-state index is 0.374. The van der Waals surface area contributed by atoms with Gasteiger partial charge in [0.25, 0.3) is 0 Å². The van der Waals surface area contributed by atoms with Crippen LogP contribution in [0.2, 0.25) is 0 Å². The molecule has 1 saturated carbocycles. The van der Waals surface area contributed by atoms with Crippen LogP contribution in [0.4, 0.5) is 0 Å². The minimum atomic E-state index is 0.374. The van der Waals surface area contributed by atoms with Gasteiger partial charge >= 0.3 is 0 Å². The van der Waals surface area contributed by atoms with Crippen LogP contribution < -0.4 is 5.32 Å². The quantitative estimate of drug-likeness (QED) is 0.878. The number of rotatable bonds is 3. The highest BCUT2D eigenvalue weighted by molar-refractivity contribution is 9.10. The van der Waals surface area contributed by atoms with E-state index in [4.69, 9.17) is 4.42 Å². The summed E-state index contributed by atoms with van der Waals surface area (Å²) in [4.78, 5) is 0. The molecule has 1 atom stereocenters. The summed E-state index contributed by atoms with van der Waals surface area (Å²) in [5.74, 6) is 1.79. The van der Waals surface area contributed by atoms with E-state index in [0.29, 0.717) is 6.04 Å².